The number of carbonyl (C=O) groups is 1. The van der Waals surface area contributed by atoms with Gasteiger partial charge >= 0.3 is 0 Å². The van der Waals surface area contributed by atoms with Gasteiger partial charge in [-0.25, -0.2) is 0 Å². The monoisotopic (exact) mass is 361 g/mol. The highest BCUT2D eigenvalue weighted by atomic mass is 32.2. The second-order valence-electron chi connectivity index (χ2n) is 5.25. The van der Waals surface area contributed by atoms with Crippen molar-refractivity contribution in [3.05, 3.63) is 48.5 Å². The third-order valence-corrected chi connectivity index (χ3v) is 4.62. The molecular weight excluding hydrogens is 338 g/mol. The highest BCUT2D eigenvalue weighted by Crippen LogP contribution is 2.19. The van der Waals surface area contributed by atoms with Crippen molar-refractivity contribution in [2.24, 2.45) is 0 Å². The van der Waals surface area contributed by atoms with Gasteiger partial charge in [0.1, 0.15) is 17.2 Å². The van der Waals surface area contributed by atoms with Gasteiger partial charge in [0.05, 0.1) is 26.1 Å². The molecule has 2 rings (SSSR count). The molecule has 6 heteroatoms. The van der Waals surface area contributed by atoms with Crippen LogP contribution in [-0.4, -0.2) is 37.7 Å². The lowest BCUT2D eigenvalue weighted by Crippen LogP contribution is -2.23. The highest BCUT2D eigenvalue weighted by Gasteiger charge is 2.13. The number of ether oxygens (including phenoxy) is 3. The number of nitrogens with one attached hydrogen (secondary N) is 1. The number of methoxy groups -OCH3 is 2. The van der Waals surface area contributed by atoms with Gasteiger partial charge in [-0.2, -0.15) is 0 Å². The molecule has 1 N–H and O–H groups in total. The van der Waals surface area contributed by atoms with Gasteiger partial charge in [0, 0.05) is 11.4 Å². The van der Waals surface area contributed by atoms with Crippen molar-refractivity contribution in [2.75, 3.05) is 31.9 Å². The first-order valence-electron chi connectivity index (χ1n) is 7.95. The molecule has 0 radical (unpaired) electrons. The summed E-state index contributed by atoms with van der Waals surface area (Å²) in [7, 11) is 3.24. The van der Waals surface area contributed by atoms with Crippen molar-refractivity contribution in [1.82, 2.24) is 0 Å². The minimum Gasteiger partial charge on any atom is -0.497 e. The number of thioether (sulfide) groups is 1. The zero-order valence-electron chi connectivity index (χ0n) is 14.7. The Morgan fingerprint density at radius 3 is 2.04 bits per heavy atom. The molecular formula is C19H23NO4S. The number of amides is 1. The Bertz CT molecular complexity index is 658. The lowest BCUT2D eigenvalue weighted by atomic mass is 10.3. The maximum absolute atomic E-state index is 12.2. The summed E-state index contributed by atoms with van der Waals surface area (Å²) < 4.78 is 15.9. The third-order valence-electron chi connectivity index (χ3n) is 3.51. The van der Waals surface area contributed by atoms with Crippen LogP contribution in [0.4, 0.5) is 5.69 Å². The molecule has 0 aliphatic rings. The number of carbonyl (C=O) groups excluding carboxylic acids is 1. The summed E-state index contributed by atoms with van der Waals surface area (Å²) in [5, 5.41) is 2.73. The first-order chi connectivity index (χ1) is 12.1. The Labute approximate surface area is 152 Å². The molecule has 1 unspecified atom stereocenters. The molecule has 2 aromatic rings. The van der Waals surface area contributed by atoms with E-state index in [-0.39, 0.29) is 11.2 Å². The number of anilines is 1. The predicted octanol–water partition coefficient (Wildman–Crippen LogP) is 3.84. The summed E-state index contributed by atoms with van der Waals surface area (Å²) in [5.74, 6) is 3.04. The van der Waals surface area contributed by atoms with Crippen LogP contribution in [0.1, 0.15) is 6.92 Å². The van der Waals surface area contributed by atoms with Crippen molar-refractivity contribution < 1.29 is 19.0 Å². The standard InChI is InChI=1S/C19H23NO4S/c1-14(19(21)20-15-4-6-16(22-2)7-5-15)25-13-12-24-18-10-8-17(23-3)9-11-18/h4-11,14H,12-13H2,1-3H3,(H,20,21). The molecule has 0 fully saturated rings. The van der Waals surface area contributed by atoms with E-state index in [0.717, 1.165) is 28.7 Å². The van der Waals surface area contributed by atoms with E-state index in [0.29, 0.717) is 6.61 Å². The van der Waals surface area contributed by atoms with Crippen molar-refractivity contribution in [3.63, 3.8) is 0 Å². The van der Waals surface area contributed by atoms with Crippen molar-refractivity contribution in [3.8, 4) is 17.2 Å². The average molecular weight is 361 g/mol. The van der Waals surface area contributed by atoms with E-state index in [1.54, 1.807) is 26.0 Å². The fourth-order valence-electron chi connectivity index (χ4n) is 2.05. The molecule has 1 amide bonds. The second kappa shape index (κ2) is 9.84. The zero-order valence-corrected chi connectivity index (χ0v) is 15.5. The molecule has 0 aliphatic carbocycles. The molecule has 0 aliphatic heterocycles. The molecule has 25 heavy (non-hydrogen) atoms. The summed E-state index contributed by atoms with van der Waals surface area (Å²) in [6.45, 7) is 2.42. The van der Waals surface area contributed by atoms with E-state index in [1.807, 2.05) is 55.5 Å². The van der Waals surface area contributed by atoms with Crippen molar-refractivity contribution >= 4 is 23.4 Å². The first-order valence-corrected chi connectivity index (χ1v) is 9.00. The number of hydrogen-bond donors (Lipinski definition) is 1. The van der Waals surface area contributed by atoms with Gasteiger partial charge in [0.15, 0.2) is 0 Å². The average Bonchev–Trinajstić information content (AvgIpc) is 2.66. The van der Waals surface area contributed by atoms with Crippen LogP contribution >= 0.6 is 11.8 Å². The summed E-state index contributed by atoms with van der Waals surface area (Å²) in [5.41, 5.74) is 0.757. The largest absolute Gasteiger partial charge is 0.497 e. The van der Waals surface area contributed by atoms with E-state index in [2.05, 4.69) is 5.32 Å². The minimum atomic E-state index is -0.165. The second-order valence-corrected chi connectivity index (χ2v) is 6.70. The van der Waals surface area contributed by atoms with Crippen LogP contribution in [0.15, 0.2) is 48.5 Å². The van der Waals surface area contributed by atoms with Crippen LogP contribution in [-0.2, 0) is 4.79 Å². The molecule has 0 saturated heterocycles. The van der Waals surface area contributed by atoms with Crippen LogP contribution in [0.2, 0.25) is 0 Å². The van der Waals surface area contributed by atoms with Crippen molar-refractivity contribution in [2.45, 2.75) is 12.2 Å². The maximum Gasteiger partial charge on any atom is 0.237 e. The molecule has 134 valence electrons. The zero-order chi connectivity index (χ0) is 18.1. The fourth-order valence-corrected chi connectivity index (χ4v) is 2.79. The van der Waals surface area contributed by atoms with Gasteiger partial charge in [-0.15, -0.1) is 11.8 Å². The summed E-state index contributed by atoms with van der Waals surface area (Å²) in [6.07, 6.45) is 0. The number of hydrogen-bond acceptors (Lipinski definition) is 5. The van der Waals surface area contributed by atoms with Gasteiger partial charge in [-0.05, 0) is 55.5 Å². The van der Waals surface area contributed by atoms with E-state index >= 15 is 0 Å². The van der Waals surface area contributed by atoms with Crippen LogP contribution in [0.5, 0.6) is 17.2 Å². The van der Waals surface area contributed by atoms with Gasteiger partial charge in [-0.1, -0.05) is 0 Å². The van der Waals surface area contributed by atoms with Gasteiger partial charge in [0.25, 0.3) is 0 Å². The molecule has 0 aromatic heterocycles. The number of benzene rings is 2. The van der Waals surface area contributed by atoms with Crippen LogP contribution in [0.3, 0.4) is 0 Å². The predicted molar refractivity (Wildman–Crippen MR) is 102 cm³/mol. The molecule has 0 spiro atoms. The highest BCUT2D eigenvalue weighted by molar-refractivity contribution is 8.00. The van der Waals surface area contributed by atoms with Crippen LogP contribution < -0.4 is 19.5 Å². The van der Waals surface area contributed by atoms with Gasteiger partial charge in [0.2, 0.25) is 5.91 Å². The normalized spacial score (nSPS) is 11.5. The van der Waals surface area contributed by atoms with Gasteiger partial charge < -0.3 is 19.5 Å². The number of rotatable bonds is 9. The van der Waals surface area contributed by atoms with Crippen LogP contribution in [0, 0.1) is 0 Å². The minimum absolute atomic E-state index is 0.0281. The molecule has 1 atom stereocenters. The Morgan fingerprint density at radius 1 is 0.960 bits per heavy atom. The lowest BCUT2D eigenvalue weighted by molar-refractivity contribution is -0.115. The Kier molecular flexibility index (Phi) is 7.47. The first kappa shape index (κ1) is 19.0. The molecule has 0 saturated carbocycles. The smallest absolute Gasteiger partial charge is 0.237 e. The van der Waals surface area contributed by atoms with Crippen LogP contribution in [0.25, 0.3) is 0 Å². The Hall–Kier alpha value is -2.34. The maximum atomic E-state index is 12.2. The summed E-state index contributed by atoms with van der Waals surface area (Å²) in [4.78, 5) is 12.2. The SMILES string of the molecule is COc1ccc(NC(=O)C(C)SCCOc2ccc(OC)cc2)cc1. The molecule has 0 bridgehead atoms. The van der Waals surface area contributed by atoms with Gasteiger partial charge in [-0.3, -0.25) is 4.79 Å². The quantitative estimate of drug-likeness (QED) is 0.688. The topological polar surface area (TPSA) is 56.8 Å². The Morgan fingerprint density at radius 2 is 1.48 bits per heavy atom. The van der Waals surface area contributed by atoms with E-state index in [1.165, 1.54) is 0 Å². The Balaban J connectivity index is 1.69. The summed E-state index contributed by atoms with van der Waals surface area (Å²) >= 11 is 1.55. The fraction of sp³-hybridized carbons (Fsp3) is 0.316. The summed E-state index contributed by atoms with van der Waals surface area (Å²) in [6, 6.07) is 14.7. The molecule has 5 nitrogen and oxygen atoms in total. The van der Waals surface area contributed by atoms with E-state index in [4.69, 9.17) is 14.2 Å². The molecule has 0 heterocycles. The molecule has 2 aromatic carbocycles. The lowest BCUT2D eigenvalue weighted by Gasteiger charge is -2.13. The van der Waals surface area contributed by atoms with Crippen molar-refractivity contribution in [1.29, 1.82) is 0 Å². The van der Waals surface area contributed by atoms with E-state index in [9.17, 15) is 4.79 Å². The van der Waals surface area contributed by atoms with E-state index < -0.39 is 0 Å². The third kappa shape index (κ3) is 6.23.